The first-order valence-electron chi connectivity index (χ1n) is 6.99. The Morgan fingerprint density at radius 3 is 2.57 bits per heavy atom. The van der Waals surface area contributed by atoms with Crippen molar-refractivity contribution in [2.45, 2.75) is 19.8 Å². The molecule has 1 aromatic rings. The van der Waals surface area contributed by atoms with Crippen molar-refractivity contribution in [1.29, 1.82) is 0 Å². The summed E-state index contributed by atoms with van der Waals surface area (Å²) in [5, 5.41) is 11.6. The molecule has 114 valence electrons. The number of hydrogen-bond donors (Lipinski definition) is 2. The number of benzene rings is 1. The molecular formula is C15H19FN2O3. The molecule has 1 aliphatic heterocycles. The Hall–Kier alpha value is -2.11. The van der Waals surface area contributed by atoms with Gasteiger partial charge in [-0.3, -0.25) is 4.79 Å². The van der Waals surface area contributed by atoms with E-state index in [-0.39, 0.29) is 11.5 Å². The highest BCUT2D eigenvalue weighted by Gasteiger charge is 2.22. The summed E-state index contributed by atoms with van der Waals surface area (Å²) in [7, 11) is 0. The average molecular weight is 294 g/mol. The maximum absolute atomic E-state index is 14.0. The highest BCUT2D eigenvalue weighted by molar-refractivity contribution is 5.88. The smallest absolute Gasteiger partial charge is 0.335 e. The molecule has 0 saturated carbocycles. The van der Waals surface area contributed by atoms with Crippen LogP contribution in [-0.2, 0) is 4.79 Å². The minimum Gasteiger partial charge on any atom is -0.478 e. The van der Waals surface area contributed by atoms with Crippen molar-refractivity contribution in [2.75, 3.05) is 24.5 Å². The van der Waals surface area contributed by atoms with Crippen molar-refractivity contribution in [3.63, 3.8) is 0 Å². The second-order valence-corrected chi connectivity index (χ2v) is 5.34. The summed E-state index contributed by atoms with van der Waals surface area (Å²) in [4.78, 5) is 23.6. The third kappa shape index (κ3) is 3.93. The first-order chi connectivity index (χ1) is 9.97. The highest BCUT2D eigenvalue weighted by atomic mass is 19.1. The van der Waals surface area contributed by atoms with Gasteiger partial charge in [0.05, 0.1) is 11.3 Å². The summed E-state index contributed by atoms with van der Waals surface area (Å²) in [6, 6.07) is 4.00. The number of carbonyl (C=O) groups excluding carboxylic acids is 1. The van der Waals surface area contributed by atoms with E-state index in [0.29, 0.717) is 31.2 Å². The number of nitrogens with one attached hydrogen (secondary N) is 1. The molecule has 1 aliphatic rings. The van der Waals surface area contributed by atoms with Crippen molar-refractivity contribution in [2.24, 2.45) is 5.92 Å². The Kier molecular flexibility index (Phi) is 4.77. The van der Waals surface area contributed by atoms with E-state index in [2.05, 4.69) is 5.32 Å². The lowest BCUT2D eigenvalue weighted by molar-refractivity contribution is -0.119. The van der Waals surface area contributed by atoms with Gasteiger partial charge in [0, 0.05) is 26.6 Å². The van der Waals surface area contributed by atoms with E-state index in [1.54, 1.807) is 0 Å². The van der Waals surface area contributed by atoms with Crippen LogP contribution < -0.4 is 10.2 Å². The van der Waals surface area contributed by atoms with Crippen molar-refractivity contribution < 1.29 is 19.1 Å². The zero-order chi connectivity index (χ0) is 15.4. The van der Waals surface area contributed by atoms with Crippen molar-refractivity contribution in [1.82, 2.24) is 5.32 Å². The van der Waals surface area contributed by atoms with E-state index < -0.39 is 11.8 Å². The second kappa shape index (κ2) is 6.56. The van der Waals surface area contributed by atoms with Crippen molar-refractivity contribution in [3.05, 3.63) is 29.6 Å². The van der Waals surface area contributed by atoms with Gasteiger partial charge < -0.3 is 15.3 Å². The van der Waals surface area contributed by atoms with Crippen LogP contribution in [0.25, 0.3) is 0 Å². The molecule has 1 aromatic carbocycles. The summed E-state index contributed by atoms with van der Waals surface area (Å²) >= 11 is 0. The number of carboxylic acids is 1. The topological polar surface area (TPSA) is 69.6 Å². The number of carboxylic acid groups (broad SMARTS) is 1. The molecule has 21 heavy (non-hydrogen) atoms. The predicted octanol–water partition coefficient (Wildman–Crippen LogP) is 1.88. The summed E-state index contributed by atoms with van der Waals surface area (Å²) in [5.74, 6) is -1.26. The number of anilines is 1. The van der Waals surface area contributed by atoms with Crippen molar-refractivity contribution in [3.8, 4) is 0 Å². The first kappa shape index (κ1) is 15.3. The van der Waals surface area contributed by atoms with Crippen LogP contribution in [0.15, 0.2) is 18.2 Å². The van der Waals surface area contributed by atoms with Crippen LogP contribution >= 0.6 is 0 Å². The van der Waals surface area contributed by atoms with E-state index in [4.69, 9.17) is 5.11 Å². The molecule has 2 rings (SSSR count). The fourth-order valence-electron chi connectivity index (χ4n) is 2.56. The Balaban J connectivity index is 1.96. The highest BCUT2D eigenvalue weighted by Crippen LogP contribution is 2.26. The number of amides is 1. The van der Waals surface area contributed by atoms with Crippen LogP contribution in [0.5, 0.6) is 0 Å². The number of carbonyl (C=O) groups is 2. The Morgan fingerprint density at radius 1 is 1.38 bits per heavy atom. The summed E-state index contributed by atoms with van der Waals surface area (Å²) in [6.45, 7) is 3.55. The van der Waals surface area contributed by atoms with Crippen LogP contribution in [0, 0.1) is 11.7 Å². The van der Waals surface area contributed by atoms with E-state index >= 15 is 0 Å². The minimum absolute atomic E-state index is 0.0345. The van der Waals surface area contributed by atoms with Gasteiger partial charge >= 0.3 is 5.97 Å². The molecule has 0 aliphatic carbocycles. The normalized spacial score (nSPS) is 15.8. The molecule has 0 atom stereocenters. The molecule has 2 N–H and O–H groups in total. The number of aromatic carboxylic acids is 1. The summed E-state index contributed by atoms with van der Waals surface area (Å²) in [5.41, 5.74) is 0.398. The molecular weight excluding hydrogens is 275 g/mol. The maximum atomic E-state index is 14.0. The van der Waals surface area contributed by atoms with Gasteiger partial charge in [-0.1, -0.05) is 0 Å². The van der Waals surface area contributed by atoms with E-state index in [0.717, 1.165) is 18.9 Å². The zero-order valence-electron chi connectivity index (χ0n) is 11.9. The largest absolute Gasteiger partial charge is 0.478 e. The zero-order valence-corrected chi connectivity index (χ0v) is 11.9. The molecule has 0 bridgehead atoms. The third-order valence-electron chi connectivity index (χ3n) is 3.79. The fraction of sp³-hybridized carbons (Fsp3) is 0.467. The Labute approximate surface area is 122 Å². The number of piperidine rings is 1. The molecule has 1 fully saturated rings. The number of halogens is 1. The number of rotatable bonds is 4. The molecule has 1 amide bonds. The molecule has 0 radical (unpaired) electrons. The molecule has 1 heterocycles. The van der Waals surface area contributed by atoms with Crippen molar-refractivity contribution >= 4 is 17.6 Å². The van der Waals surface area contributed by atoms with E-state index in [1.807, 2.05) is 4.90 Å². The third-order valence-corrected chi connectivity index (χ3v) is 3.79. The quantitative estimate of drug-likeness (QED) is 0.889. The van der Waals surface area contributed by atoms with Gasteiger partial charge in [0.2, 0.25) is 5.91 Å². The Morgan fingerprint density at radius 2 is 2.05 bits per heavy atom. The molecule has 1 saturated heterocycles. The van der Waals surface area contributed by atoms with Crippen LogP contribution in [0.1, 0.15) is 30.1 Å². The number of nitrogens with zero attached hydrogens (tertiary/aromatic N) is 1. The van der Waals surface area contributed by atoms with E-state index in [1.165, 1.54) is 19.1 Å². The monoisotopic (exact) mass is 294 g/mol. The van der Waals surface area contributed by atoms with E-state index in [9.17, 15) is 14.0 Å². The average Bonchev–Trinajstić information content (AvgIpc) is 2.45. The minimum atomic E-state index is -1.13. The number of hydrogen-bond acceptors (Lipinski definition) is 3. The summed E-state index contributed by atoms with van der Waals surface area (Å²) in [6.07, 6.45) is 1.75. The van der Waals surface area contributed by atoms with Gasteiger partial charge in [0.15, 0.2) is 0 Å². The molecule has 0 aromatic heterocycles. The van der Waals surface area contributed by atoms with Gasteiger partial charge in [-0.05, 0) is 37.0 Å². The van der Waals surface area contributed by atoms with Gasteiger partial charge in [-0.2, -0.15) is 0 Å². The van der Waals surface area contributed by atoms with Gasteiger partial charge in [0.25, 0.3) is 0 Å². The predicted molar refractivity (Wildman–Crippen MR) is 77.0 cm³/mol. The Bertz CT molecular complexity index is 540. The first-order valence-corrected chi connectivity index (χ1v) is 6.99. The maximum Gasteiger partial charge on any atom is 0.335 e. The van der Waals surface area contributed by atoms with Crippen LogP contribution in [-0.4, -0.2) is 36.6 Å². The molecule has 6 heteroatoms. The van der Waals surface area contributed by atoms with Crippen LogP contribution in [0.2, 0.25) is 0 Å². The lowest BCUT2D eigenvalue weighted by atomic mass is 9.96. The molecule has 0 unspecified atom stereocenters. The lowest BCUT2D eigenvalue weighted by Crippen LogP contribution is -2.38. The van der Waals surface area contributed by atoms with Crippen LogP contribution in [0.3, 0.4) is 0 Å². The fourth-order valence-corrected chi connectivity index (χ4v) is 2.56. The molecule has 5 nitrogen and oxygen atoms in total. The molecule has 0 spiro atoms. The second-order valence-electron chi connectivity index (χ2n) is 5.34. The standard InChI is InChI=1S/C15H19FN2O3/c1-10(19)17-9-11-4-6-18(7-5-11)14-3-2-12(15(20)21)8-13(14)16/h2-3,8,11H,4-7,9H2,1H3,(H,17,19)(H,20,21). The SMILES string of the molecule is CC(=O)NCC1CCN(c2ccc(C(=O)O)cc2F)CC1. The van der Waals surface area contributed by atoms with Gasteiger partial charge in [-0.15, -0.1) is 0 Å². The summed E-state index contributed by atoms with van der Waals surface area (Å²) < 4.78 is 14.0. The lowest BCUT2D eigenvalue weighted by Gasteiger charge is -2.33. The van der Waals surface area contributed by atoms with Crippen LogP contribution in [0.4, 0.5) is 10.1 Å². The van der Waals surface area contributed by atoms with Gasteiger partial charge in [0.1, 0.15) is 5.82 Å². The van der Waals surface area contributed by atoms with Gasteiger partial charge in [-0.25, -0.2) is 9.18 Å².